The number of ether oxygens (including phenoxy) is 1. The maximum atomic E-state index is 13.0. The van der Waals surface area contributed by atoms with Crippen LogP contribution in [0.3, 0.4) is 0 Å². The van der Waals surface area contributed by atoms with E-state index in [-0.39, 0.29) is 24.2 Å². The van der Waals surface area contributed by atoms with E-state index in [1.165, 1.54) is 11.1 Å². The molecule has 0 saturated carbocycles. The van der Waals surface area contributed by atoms with Crippen molar-refractivity contribution >= 4 is 23.0 Å². The molecule has 0 radical (unpaired) electrons. The average Bonchev–Trinajstić information content (AvgIpc) is 3.34. The summed E-state index contributed by atoms with van der Waals surface area (Å²) < 4.78 is 7.93. The Bertz CT molecular complexity index is 1290. The fourth-order valence-electron chi connectivity index (χ4n) is 5.31. The summed E-state index contributed by atoms with van der Waals surface area (Å²) in [6.45, 7) is 7.07. The van der Waals surface area contributed by atoms with Crippen molar-refractivity contribution in [2.45, 2.75) is 51.9 Å². The first-order valence-corrected chi connectivity index (χ1v) is 11.6. The summed E-state index contributed by atoms with van der Waals surface area (Å²) in [7, 11) is 0. The number of carbonyl (C=O) groups is 1. The first-order valence-electron chi connectivity index (χ1n) is 11.6. The molecule has 6 nitrogen and oxygen atoms in total. The van der Waals surface area contributed by atoms with Crippen LogP contribution >= 0.6 is 0 Å². The Morgan fingerprint density at radius 2 is 1.94 bits per heavy atom. The van der Waals surface area contributed by atoms with E-state index in [4.69, 9.17) is 9.72 Å². The second-order valence-corrected chi connectivity index (χ2v) is 9.15. The van der Waals surface area contributed by atoms with Gasteiger partial charge < -0.3 is 14.2 Å². The van der Waals surface area contributed by atoms with Crippen molar-refractivity contribution in [2.75, 3.05) is 13.1 Å². The van der Waals surface area contributed by atoms with Crippen molar-refractivity contribution in [3.8, 4) is 6.07 Å². The molecule has 1 aliphatic carbocycles. The third-order valence-electron chi connectivity index (χ3n) is 6.67. The molecular formula is C27H28N4O2. The fourth-order valence-corrected chi connectivity index (χ4v) is 5.31. The molecule has 5 rings (SSSR count). The molecule has 1 saturated heterocycles. The number of pyridine rings is 1. The van der Waals surface area contributed by atoms with Crippen molar-refractivity contribution in [3.63, 3.8) is 0 Å². The van der Waals surface area contributed by atoms with E-state index in [1.807, 2.05) is 43.9 Å². The van der Waals surface area contributed by atoms with E-state index in [0.717, 1.165) is 35.3 Å². The van der Waals surface area contributed by atoms with E-state index < -0.39 is 0 Å². The molecular weight excluding hydrogens is 412 g/mol. The van der Waals surface area contributed by atoms with Gasteiger partial charge in [0.2, 0.25) is 5.91 Å². The van der Waals surface area contributed by atoms with Crippen LogP contribution < -0.4 is 0 Å². The first-order chi connectivity index (χ1) is 16.0. The Morgan fingerprint density at radius 3 is 2.70 bits per heavy atom. The van der Waals surface area contributed by atoms with Crippen LogP contribution in [-0.2, 0) is 16.0 Å². The topological polar surface area (TPSA) is 71.2 Å². The lowest BCUT2D eigenvalue weighted by atomic mass is 10.1. The van der Waals surface area contributed by atoms with Gasteiger partial charge in [-0.2, -0.15) is 5.26 Å². The summed E-state index contributed by atoms with van der Waals surface area (Å²) in [5.74, 6) is -0.0614. The zero-order chi connectivity index (χ0) is 23.1. The molecule has 1 aliphatic heterocycles. The minimum Gasteiger partial charge on any atom is -0.372 e. The number of nitriles is 1. The summed E-state index contributed by atoms with van der Waals surface area (Å²) in [6.07, 6.45) is 5.36. The van der Waals surface area contributed by atoms with Crippen LogP contribution in [0, 0.1) is 18.3 Å². The number of amides is 1. The number of carbonyl (C=O) groups excluding carboxylic acids is 1. The van der Waals surface area contributed by atoms with Gasteiger partial charge in [0.25, 0.3) is 0 Å². The highest BCUT2D eigenvalue weighted by Crippen LogP contribution is 2.39. The summed E-state index contributed by atoms with van der Waals surface area (Å²) >= 11 is 0. The monoisotopic (exact) mass is 440 g/mol. The summed E-state index contributed by atoms with van der Waals surface area (Å²) in [5.41, 5.74) is 5.61. The van der Waals surface area contributed by atoms with Gasteiger partial charge >= 0.3 is 0 Å². The molecule has 168 valence electrons. The number of hydrogen-bond acceptors (Lipinski definition) is 4. The third-order valence-corrected chi connectivity index (χ3v) is 6.67. The molecule has 6 heteroatoms. The highest BCUT2D eigenvalue weighted by Gasteiger charge is 2.29. The predicted molar refractivity (Wildman–Crippen MR) is 128 cm³/mol. The standard InChI is InChI=1S/C27H28N4O2/c1-17-8-10-22-23(14-28)25(12-13-26(32)30-15-18(2)33-19(3)16-30)31(27(22)29-17)24-11-9-20-6-4-5-7-21(20)24/h4-8,10,12-13,18-19,24H,9,11,15-16H2,1-3H3. The van der Waals surface area contributed by atoms with Crippen molar-refractivity contribution in [1.82, 2.24) is 14.5 Å². The molecule has 33 heavy (non-hydrogen) atoms. The van der Waals surface area contributed by atoms with Crippen LogP contribution in [0.15, 0.2) is 42.5 Å². The van der Waals surface area contributed by atoms with Crippen molar-refractivity contribution in [2.24, 2.45) is 0 Å². The number of rotatable bonds is 3. The molecule has 1 aromatic carbocycles. The zero-order valence-electron chi connectivity index (χ0n) is 19.3. The van der Waals surface area contributed by atoms with Gasteiger partial charge in [0, 0.05) is 30.2 Å². The molecule has 3 heterocycles. The SMILES string of the molecule is Cc1ccc2c(C#N)c(C=CC(=O)N3CC(C)OC(C)C3)n(C3CCc4ccccc43)c2n1. The maximum Gasteiger partial charge on any atom is 0.246 e. The van der Waals surface area contributed by atoms with Gasteiger partial charge in [-0.1, -0.05) is 24.3 Å². The van der Waals surface area contributed by atoms with Gasteiger partial charge in [-0.15, -0.1) is 0 Å². The number of aryl methyl sites for hydroxylation is 2. The van der Waals surface area contributed by atoms with Crippen LogP contribution in [0.5, 0.6) is 0 Å². The number of nitrogens with zero attached hydrogens (tertiary/aromatic N) is 4. The smallest absolute Gasteiger partial charge is 0.246 e. The molecule has 0 spiro atoms. The Morgan fingerprint density at radius 1 is 1.18 bits per heavy atom. The number of hydrogen-bond donors (Lipinski definition) is 0. The van der Waals surface area contributed by atoms with Crippen LogP contribution in [0.25, 0.3) is 17.1 Å². The highest BCUT2D eigenvalue weighted by molar-refractivity contribution is 5.95. The van der Waals surface area contributed by atoms with E-state index in [1.54, 1.807) is 6.08 Å². The number of morpholine rings is 1. The number of aromatic nitrogens is 2. The minimum absolute atomic E-state index is 0.00869. The van der Waals surface area contributed by atoms with Gasteiger partial charge in [-0.05, 0) is 62.9 Å². The maximum absolute atomic E-state index is 13.0. The molecule has 1 fully saturated rings. The van der Waals surface area contributed by atoms with Gasteiger partial charge in [0.05, 0.1) is 29.5 Å². The van der Waals surface area contributed by atoms with E-state index in [9.17, 15) is 10.1 Å². The molecule has 3 aromatic rings. The molecule has 2 aromatic heterocycles. The van der Waals surface area contributed by atoms with Crippen molar-refractivity contribution < 1.29 is 9.53 Å². The molecule has 0 N–H and O–H groups in total. The van der Waals surface area contributed by atoms with E-state index in [2.05, 4.69) is 34.9 Å². The first kappa shape index (κ1) is 21.4. The second-order valence-electron chi connectivity index (χ2n) is 9.15. The van der Waals surface area contributed by atoms with E-state index >= 15 is 0 Å². The van der Waals surface area contributed by atoms with Crippen molar-refractivity contribution in [3.05, 3.63) is 70.6 Å². The second kappa shape index (κ2) is 8.49. The Hall–Kier alpha value is -3.43. The van der Waals surface area contributed by atoms with Crippen LogP contribution in [0.1, 0.15) is 54.4 Å². The summed E-state index contributed by atoms with van der Waals surface area (Å²) in [5, 5.41) is 10.9. The molecule has 1 amide bonds. The quantitative estimate of drug-likeness (QED) is 0.566. The summed E-state index contributed by atoms with van der Waals surface area (Å²) in [4.78, 5) is 19.7. The van der Waals surface area contributed by atoms with Gasteiger partial charge in [0.1, 0.15) is 11.7 Å². The van der Waals surface area contributed by atoms with Crippen LogP contribution in [0.2, 0.25) is 0 Å². The normalized spacial score (nSPS) is 22.6. The lowest BCUT2D eigenvalue weighted by Crippen LogP contribution is -2.47. The van der Waals surface area contributed by atoms with Gasteiger partial charge in [0.15, 0.2) is 0 Å². The summed E-state index contributed by atoms with van der Waals surface area (Å²) in [6, 6.07) is 14.8. The van der Waals surface area contributed by atoms with Crippen LogP contribution in [-0.4, -0.2) is 45.7 Å². The molecule has 3 unspecified atom stereocenters. The molecule has 3 atom stereocenters. The predicted octanol–water partition coefficient (Wildman–Crippen LogP) is 4.40. The third kappa shape index (κ3) is 3.83. The fraction of sp³-hybridized carbons (Fsp3) is 0.370. The molecule has 0 bridgehead atoms. The lowest BCUT2D eigenvalue weighted by molar-refractivity contribution is -0.137. The minimum atomic E-state index is -0.0614. The van der Waals surface area contributed by atoms with Crippen molar-refractivity contribution in [1.29, 1.82) is 5.26 Å². The van der Waals surface area contributed by atoms with Gasteiger partial charge in [-0.3, -0.25) is 4.79 Å². The van der Waals surface area contributed by atoms with Gasteiger partial charge in [-0.25, -0.2) is 4.98 Å². The molecule has 2 aliphatic rings. The average molecular weight is 441 g/mol. The largest absolute Gasteiger partial charge is 0.372 e. The van der Waals surface area contributed by atoms with Crippen LogP contribution in [0.4, 0.5) is 0 Å². The highest BCUT2D eigenvalue weighted by atomic mass is 16.5. The number of fused-ring (bicyclic) bond motifs is 2. The van der Waals surface area contributed by atoms with E-state index in [0.29, 0.717) is 18.7 Å². The lowest BCUT2D eigenvalue weighted by Gasteiger charge is -2.34. The zero-order valence-corrected chi connectivity index (χ0v) is 19.3. The Balaban J connectivity index is 1.61. The Labute approximate surface area is 194 Å². The number of benzene rings is 1. The Kier molecular flexibility index (Phi) is 5.51.